The van der Waals surface area contributed by atoms with E-state index in [1.807, 2.05) is 61.6 Å². The van der Waals surface area contributed by atoms with E-state index in [2.05, 4.69) is 5.10 Å². The van der Waals surface area contributed by atoms with Crippen molar-refractivity contribution < 1.29 is 18.8 Å². The lowest BCUT2D eigenvalue weighted by Gasteiger charge is -2.32. The van der Waals surface area contributed by atoms with Crippen LogP contribution < -0.4 is 5.46 Å². The van der Waals surface area contributed by atoms with Gasteiger partial charge in [0.25, 0.3) is 0 Å². The van der Waals surface area contributed by atoms with Crippen molar-refractivity contribution in [1.29, 1.82) is 0 Å². The number of carbonyl (C=O) groups is 1. The molecule has 1 aliphatic rings. The first-order valence-electron chi connectivity index (χ1n) is 9.20. The number of amides is 1. The van der Waals surface area contributed by atoms with Crippen LogP contribution in [0.15, 0.2) is 12.4 Å². The highest BCUT2D eigenvalue weighted by molar-refractivity contribution is 6.61. The van der Waals surface area contributed by atoms with Crippen LogP contribution in [0.1, 0.15) is 55.4 Å². The van der Waals surface area contributed by atoms with Gasteiger partial charge in [-0.3, -0.25) is 4.68 Å². The molecule has 0 saturated carbocycles. The van der Waals surface area contributed by atoms with Crippen molar-refractivity contribution in [3.8, 4) is 0 Å². The summed E-state index contributed by atoms with van der Waals surface area (Å²) in [6, 6.07) is 0. The van der Waals surface area contributed by atoms with Gasteiger partial charge in [-0.25, -0.2) is 4.79 Å². The van der Waals surface area contributed by atoms with Gasteiger partial charge in [0.15, 0.2) is 0 Å². The third-order valence-corrected chi connectivity index (χ3v) is 4.81. The zero-order valence-electron chi connectivity index (χ0n) is 17.3. The number of aromatic nitrogens is 2. The number of hydrogen-bond acceptors (Lipinski definition) is 5. The Balaban J connectivity index is 1.95. The van der Waals surface area contributed by atoms with Gasteiger partial charge in [-0.2, -0.15) is 5.10 Å². The molecule has 0 aliphatic carbocycles. The van der Waals surface area contributed by atoms with Gasteiger partial charge in [-0.15, -0.1) is 0 Å². The molecule has 0 atom stereocenters. The zero-order chi connectivity index (χ0) is 19.8. The molecule has 0 radical (unpaired) electrons. The minimum absolute atomic E-state index is 0.307. The molecule has 1 saturated heterocycles. The van der Waals surface area contributed by atoms with E-state index in [1.165, 1.54) is 0 Å². The third-order valence-electron chi connectivity index (χ3n) is 4.81. The smallest absolute Gasteiger partial charge is 0.444 e. The number of ether oxygens (including phenoxy) is 1. The van der Waals surface area contributed by atoms with E-state index in [4.69, 9.17) is 14.0 Å². The van der Waals surface area contributed by atoms with Crippen molar-refractivity contribution >= 4 is 18.7 Å². The summed E-state index contributed by atoms with van der Waals surface area (Å²) in [5, 5.41) is 4.37. The largest absolute Gasteiger partial charge is 0.498 e. The molecule has 2 rings (SSSR count). The van der Waals surface area contributed by atoms with Crippen LogP contribution in [0, 0.1) is 0 Å². The molecule has 0 bridgehead atoms. The lowest BCUT2D eigenvalue weighted by Crippen LogP contribution is -2.41. The molecule has 1 aromatic heterocycles. The Morgan fingerprint density at radius 3 is 2.35 bits per heavy atom. The quantitative estimate of drug-likeness (QED) is 0.750. The molecular formula is C18H32BN3O4. The summed E-state index contributed by atoms with van der Waals surface area (Å²) in [6.45, 7) is 17.3. The summed E-state index contributed by atoms with van der Waals surface area (Å²) >= 11 is 0. The van der Waals surface area contributed by atoms with Crippen LogP contribution in [-0.4, -0.2) is 57.8 Å². The molecule has 0 unspecified atom stereocenters. The highest BCUT2D eigenvalue weighted by Crippen LogP contribution is 2.36. The Hall–Kier alpha value is -1.54. The minimum atomic E-state index is -0.500. The molecular weight excluding hydrogens is 333 g/mol. The lowest BCUT2D eigenvalue weighted by molar-refractivity contribution is 0.00578. The van der Waals surface area contributed by atoms with Gasteiger partial charge in [0, 0.05) is 30.9 Å². The molecule has 2 heterocycles. The van der Waals surface area contributed by atoms with Crippen molar-refractivity contribution in [1.82, 2.24) is 14.7 Å². The van der Waals surface area contributed by atoms with Crippen molar-refractivity contribution in [3.63, 3.8) is 0 Å². The molecule has 0 spiro atoms. The second kappa shape index (κ2) is 7.23. The van der Waals surface area contributed by atoms with E-state index in [0.717, 1.165) is 5.46 Å². The maximum Gasteiger partial charge on any atom is 0.498 e. The number of nitrogens with zero attached hydrogens (tertiary/aromatic N) is 3. The Kier molecular flexibility index (Phi) is 5.78. The van der Waals surface area contributed by atoms with E-state index in [0.29, 0.717) is 19.6 Å². The van der Waals surface area contributed by atoms with E-state index < -0.39 is 12.7 Å². The highest BCUT2D eigenvalue weighted by atomic mass is 16.7. The summed E-state index contributed by atoms with van der Waals surface area (Å²) in [5.41, 5.74) is -0.380. The average Bonchev–Trinajstić information content (AvgIpc) is 3.01. The van der Waals surface area contributed by atoms with Gasteiger partial charge in [0.05, 0.1) is 17.7 Å². The molecule has 1 aliphatic heterocycles. The van der Waals surface area contributed by atoms with Crippen molar-refractivity contribution in [3.05, 3.63) is 12.4 Å². The molecule has 1 aromatic rings. The Morgan fingerprint density at radius 2 is 1.85 bits per heavy atom. The van der Waals surface area contributed by atoms with Crippen molar-refractivity contribution in [2.45, 2.75) is 78.7 Å². The maximum atomic E-state index is 12.2. The fourth-order valence-corrected chi connectivity index (χ4v) is 2.53. The first-order chi connectivity index (χ1) is 11.8. The van der Waals surface area contributed by atoms with Crippen LogP contribution in [0.5, 0.6) is 0 Å². The van der Waals surface area contributed by atoms with Crippen LogP contribution in [-0.2, 0) is 20.6 Å². The summed E-state index contributed by atoms with van der Waals surface area (Å²) in [5.74, 6) is 0. The fraction of sp³-hybridized carbons (Fsp3) is 0.778. The molecule has 7 nitrogen and oxygen atoms in total. The Labute approximate surface area is 157 Å². The number of rotatable bonds is 5. The Morgan fingerprint density at radius 1 is 1.27 bits per heavy atom. The van der Waals surface area contributed by atoms with Gasteiger partial charge < -0.3 is 18.9 Å². The van der Waals surface area contributed by atoms with Crippen LogP contribution in [0.25, 0.3) is 0 Å². The molecule has 0 aromatic carbocycles. The van der Waals surface area contributed by atoms with Gasteiger partial charge >= 0.3 is 13.2 Å². The normalized spacial score (nSPS) is 18.8. The summed E-state index contributed by atoms with van der Waals surface area (Å²) < 4.78 is 19.3. The number of likely N-dealkylation sites (N-methyl/N-ethyl adjacent to an activating group) is 1. The summed E-state index contributed by atoms with van der Waals surface area (Å²) in [4.78, 5) is 13.9. The monoisotopic (exact) mass is 365 g/mol. The van der Waals surface area contributed by atoms with Crippen LogP contribution in [0.4, 0.5) is 4.79 Å². The van der Waals surface area contributed by atoms with E-state index in [-0.39, 0.29) is 17.3 Å². The standard InChI is InChI=1S/C18H32BN3O4/c1-9-21(15(23)24-16(2,3)4)10-11-22-13-14(12-20-22)19-25-17(5,6)18(7,8)26-19/h12-13H,9-11H2,1-8H3. The van der Waals surface area contributed by atoms with Crippen molar-refractivity contribution in [2.75, 3.05) is 13.1 Å². The SMILES string of the molecule is CCN(CCn1cc(B2OC(C)(C)C(C)(C)O2)cn1)C(=O)OC(C)(C)C. The van der Waals surface area contributed by atoms with E-state index >= 15 is 0 Å². The molecule has 146 valence electrons. The predicted molar refractivity (Wildman–Crippen MR) is 101 cm³/mol. The van der Waals surface area contributed by atoms with Gasteiger partial charge in [-0.05, 0) is 55.4 Å². The average molecular weight is 365 g/mol. The Bertz CT molecular complexity index is 621. The second-order valence-electron chi connectivity index (χ2n) is 8.69. The second-order valence-corrected chi connectivity index (χ2v) is 8.69. The fourth-order valence-electron chi connectivity index (χ4n) is 2.53. The summed E-state index contributed by atoms with van der Waals surface area (Å²) in [6.07, 6.45) is 3.36. The molecule has 8 heteroatoms. The van der Waals surface area contributed by atoms with Crippen LogP contribution in [0.2, 0.25) is 0 Å². The van der Waals surface area contributed by atoms with E-state index in [9.17, 15) is 4.79 Å². The zero-order valence-corrected chi connectivity index (χ0v) is 17.3. The van der Waals surface area contributed by atoms with Crippen molar-refractivity contribution in [2.24, 2.45) is 0 Å². The number of hydrogen-bond donors (Lipinski definition) is 0. The molecule has 0 N–H and O–H groups in total. The number of carbonyl (C=O) groups excluding carboxylic acids is 1. The van der Waals surface area contributed by atoms with Gasteiger partial charge in [-0.1, -0.05) is 0 Å². The third kappa shape index (κ3) is 4.79. The maximum absolute atomic E-state index is 12.2. The highest BCUT2D eigenvalue weighted by Gasteiger charge is 2.52. The van der Waals surface area contributed by atoms with Gasteiger partial charge in [0.2, 0.25) is 0 Å². The molecule has 1 amide bonds. The minimum Gasteiger partial charge on any atom is -0.444 e. The predicted octanol–water partition coefficient (Wildman–Crippen LogP) is 2.44. The first-order valence-corrected chi connectivity index (χ1v) is 9.20. The molecule has 1 fully saturated rings. The van der Waals surface area contributed by atoms with E-state index in [1.54, 1.807) is 15.8 Å². The lowest BCUT2D eigenvalue weighted by atomic mass is 9.82. The summed E-state index contributed by atoms with van der Waals surface area (Å²) in [7, 11) is -0.429. The molecule has 26 heavy (non-hydrogen) atoms. The topological polar surface area (TPSA) is 65.8 Å². The van der Waals surface area contributed by atoms with Crippen LogP contribution >= 0.6 is 0 Å². The first kappa shape index (κ1) is 20.8. The van der Waals surface area contributed by atoms with Crippen LogP contribution in [0.3, 0.4) is 0 Å². The van der Waals surface area contributed by atoms with Gasteiger partial charge in [0.1, 0.15) is 5.60 Å².